The Hall–Kier alpha value is -1.57. The molecule has 0 saturated carbocycles. The zero-order valence-electron chi connectivity index (χ0n) is 12.6. The standard InChI is InChI=1S/C15H18ClN5S2/c1-18-15(22)20-8-9-23-14(11-4-2-3-7-19-11)13-10(17)5-6-12(16)21-13/h2-7,14H,8-9,17H2,1H3,(H2,18,20,22). The second kappa shape index (κ2) is 8.90. The third-order valence-corrected chi connectivity index (χ3v) is 4.82. The summed E-state index contributed by atoms with van der Waals surface area (Å²) in [5, 5.41) is 6.96. The van der Waals surface area contributed by atoms with E-state index in [0.717, 1.165) is 23.7 Å². The van der Waals surface area contributed by atoms with Crippen molar-refractivity contribution in [3.63, 3.8) is 0 Å². The van der Waals surface area contributed by atoms with Gasteiger partial charge in [-0.25, -0.2) is 4.98 Å². The number of thioether (sulfide) groups is 1. The first-order valence-corrected chi connectivity index (χ1v) is 8.85. The van der Waals surface area contributed by atoms with Gasteiger partial charge in [-0.3, -0.25) is 4.98 Å². The Kier molecular flexibility index (Phi) is 6.88. The molecule has 1 unspecified atom stereocenters. The summed E-state index contributed by atoms with van der Waals surface area (Å²) in [6, 6.07) is 9.26. The maximum atomic E-state index is 6.09. The maximum Gasteiger partial charge on any atom is 0.166 e. The van der Waals surface area contributed by atoms with Crippen LogP contribution in [-0.4, -0.2) is 34.4 Å². The van der Waals surface area contributed by atoms with Crippen LogP contribution in [0.3, 0.4) is 0 Å². The zero-order valence-corrected chi connectivity index (χ0v) is 15.0. The molecule has 2 rings (SSSR count). The van der Waals surface area contributed by atoms with Crippen molar-refractivity contribution in [2.24, 2.45) is 0 Å². The van der Waals surface area contributed by atoms with Crippen LogP contribution in [0, 0.1) is 0 Å². The Balaban J connectivity index is 2.16. The minimum Gasteiger partial charge on any atom is -0.397 e. The van der Waals surface area contributed by atoms with E-state index in [1.807, 2.05) is 18.2 Å². The van der Waals surface area contributed by atoms with Crippen LogP contribution >= 0.6 is 35.6 Å². The SMILES string of the molecule is CNC(=S)NCCSC(c1ccccn1)c1nc(Cl)ccc1N. The third-order valence-electron chi connectivity index (χ3n) is 3.03. The van der Waals surface area contributed by atoms with Gasteiger partial charge < -0.3 is 16.4 Å². The highest BCUT2D eigenvalue weighted by molar-refractivity contribution is 7.99. The fourth-order valence-corrected chi connectivity index (χ4v) is 3.30. The number of aromatic nitrogens is 2. The summed E-state index contributed by atoms with van der Waals surface area (Å²) in [6.07, 6.45) is 1.76. The molecule has 0 fully saturated rings. The van der Waals surface area contributed by atoms with Crippen LogP contribution in [0.4, 0.5) is 5.69 Å². The average molecular weight is 368 g/mol. The lowest BCUT2D eigenvalue weighted by Gasteiger charge is -2.18. The van der Waals surface area contributed by atoms with Crippen molar-refractivity contribution in [3.8, 4) is 0 Å². The summed E-state index contributed by atoms with van der Waals surface area (Å²) < 4.78 is 0. The van der Waals surface area contributed by atoms with Gasteiger partial charge in [0.1, 0.15) is 5.15 Å². The molecule has 0 radical (unpaired) electrons. The van der Waals surface area contributed by atoms with E-state index in [1.54, 1.807) is 37.1 Å². The number of nitrogens with two attached hydrogens (primary N) is 1. The number of nitrogens with zero attached hydrogens (tertiary/aromatic N) is 2. The molecule has 0 bridgehead atoms. The number of hydrogen-bond donors (Lipinski definition) is 3. The predicted molar refractivity (Wildman–Crippen MR) is 102 cm³/mol. The summed E-state index contributed by atoms with van der Waals surface area (Å²) >= 11 is 12.8. The lowest BCUT2D eigenvalue weighted by Crippen LogP contribution is -2.33. The van der Waals surface area contributed by atoms with Gasteiger partial charge in [0.2, 0.25) is 0 Å². The molecular formula is C15H18ClN5S2. The lowest BCUT2D eigenvalue weighted by atomic mass is 10.1. The van der Waals surface area contributed by atoms with Gasteiger partial charge in [0.25, 0.3) is 0 Å². The quantitative estimate of drug-likeness (QED) is 0.411. The first-order valence-electron chi connectivity index (χ1n) is 7.02. The number of thiocarbonyl (C=S) groups is 1. The highest BCUT2D eigenvalue weighted by Gasteiger charge is 2.20. The van der Waals surface area contributed by atoms with E-state index >= 15 is 0 Å². The Morgan fingerprint density at radius 1 is 1.39 bits per heavy atom. The van der Waals surface area contributed by atoms with E-state index in [4.69, 9.17) is 29.6 Å². The Labute approximate surface area is 150 Å². The second-order valence-corrected chi connectivity index (χ2v) is 6.63. The maximum absolute atomic E-state index is 6.09. The lowest BCUT2D eigenvalue weighted by molar-refractivity contribution is 0.934. The topological polar surface area (TPSA) is 75.9 Å². The van der Waals surface area contributed by atoms with Crippen molar-refractivity contribution < 1.29 is 0 Å². The molecule has 8 heteroatoms. The summed E-state index contributed by atoms with van der Waals surface area (Å²) in [7, 11) is 1.79. The van der Waals surface area contributed by atoms with Gasteiger partial charge in [0.15, 0.2) is 5.11 Å². The fourth-order valence-electron chi connectivity index (χ4n) is 1.94. The van der Waals surface area contributed by atoms with Gasteiger partial charge >= 0.3 is 0 Å². The van der Waals surface area contributed by atoms with E-state index in [-0.39, 0.29) is 5.25 Å². The molecule has 0 aliphatic rings. The molecule has 4 N–H and O–H groups in total. The first-order chi connectivity index (χ1) is 11.1. The van der Waals surface area contributed by atoms with Crippen molar-refractivity contribution >= 4 is 46.4 Å². The number of hydrogen-bond acceptors (Lipinski definition) is 5. The molecule has 0 amide bonds. The van der Waals surface area contributed by atoms with Crippen LogP contribution in [0.15, 0.2) is 36.5 Å². The van der Waals surface area contributed by atoms with Gasteiger partial charge in [-0.05, 0) is 36.5 Å². The molecule has 2 aromatic rings. The molecule has 2 heterocycles. The fraction of sp³-hybridized carbons (Fsp3) is 0.267. The van der Waals surface area contributed by atoms with E-state index in [1.165, 1.54) is 0 Å². The number of anilines is 1. The normalized spacial score (nSPS) is 11.7. The Morgan fingerprint density at radius 2 is 2.22 bits per heavy atom. The van der Waals surface area contributed by atoms with Crippen molar-refractivity contribution in [3.05, 3.63) is 53.1 Å². The van der Waals surface area contributed by atoms with Crippen LogP contribution < -0.4 is 16.4 Å². The van der Waals surface area contributed by atoms with E-state index < -0.39 is 0 Å². The summed E-state index contributed by atoms with van der Waals surface area (Å²) in [5.41, 5.74) is 8.33. The average Bonchev–Trinajstić information content (AvgIpc) is 2.58. The van der Waals surface area contributed by atoms with Crippen molar-refractivity contribution in [1.29, 1.82) is 0 Å². The summed E-state index contributed by atoms with van der Waals surface area (Å²) in [4.78, 5) is 8.84. The number of halogens is 1. The third kappa shape index (κ3) is 5.23. The molecule has 0 aromatic carbocycles. The van der Waals surface area contributed by atoms with Crippen LogP contribution in [-0.2, 0) is 0 Å². The zero-order chi connectivity index (χ0) is 16.7. The number of rotatable bonds is 6. The smallest absolute Gasteiger partial charge is 0.166 e. The van der Waals surface area contributed by atoms with E-state index in [0.29, 0.717) is 16.0 Å². The second-order valence-electron chi connectivity index (χ2n) is 4.62. The van der Waals surface area contributed by atoms with Crippen LogP contribution in [0.2, 0.25) is 5.15 Å². The van der Waals surface area contributed by atoms with Gasteiger partial charge in [-0.1, -0.05) is 17.7 Å². The van der Waals surface area contributed by atoms with Gasteiger partial charge in [-0.2, -0.15) is 0 Å². The summed E-state index contributed by atoms with van der Waals surface area (Å²) in [5.74, 6) is 0.816. The van der Waals surface area contributed by atoms with Gasteiger partial charge in [0, 0.05) is 25.5 Å². The number of nitrogens with one attached hydrogen (secondary N) is 2. The van der Waals surface area contributed by atoms with Crippen molar-refractivity contribution in [2.75, 3.05) is 25.1 Å². The van der Waals surface area contributed by atoms with Crippen LogP contribution in [0.1, 0.15) is 16.6 Å². The molecule has 0 aliphatic carbocycles. The number of nitrogen functional groups attached to an aromatic ring is 1. The van der Waals surface area contributed by atoms with Crippen molar-refractivity contribution in [1.82, 2.24) is 20.6 Å². The van der Waals surface area contributed by atoms with Gasteiger partial charge in [-0.15, -0.1) is 11.8 Å². The molecule has 122 valence electrons. The Morgan fingerprint density at radius 3 is 2.91 bits per heavy atom. The van der Waals surface area contributed by atoms with E-state index in [2.05, 4.69) is 20.6 Å². The molecule has 1 atom stereocenters. The number of pyridine rings is 2. The van der Waals surface area contributed by atoms with E-state index in [9.17, 15) is 0 Å². The van der Waals surface area contributed by atoms with Crippen LogP contribution in [0.25, 0.3) is 0 Å². The largest absolute Gasteiger partial charge is 0.397 e. The Bertz CT molecular complexity index is 654. The molecule has 0 saturated heterocycles. The molecule has 0 spiro atoms. The predicted octanol–water partition coefficient (Wildman–Crippen LogP) is 2.63. The van der Waals surface area contributed by atoms with Crippen LogP contribution in [0.5, 0.6) is 0 Å². The molecule has 23 heavy (non-hydrogen) atoms. The summed E-state index contributed by atoms with van der Waals surface area (Å²) in [6.45, 7) is 0.730. The molecule has 0 aliphatic heterocycles. The highest BCUT2D eigenvalue weighted by Crippen LogP contribution is 2.36. The van der Waals surface area contributed by atoms with Gasteiger partial charge in [0.05, 0.1) is 22.3 Å². The van der Waals surface area contributed by atoms with Crippen molar-refractivity contribution in [2.45, 2.75) is 5.25 Å². The minimum absolute atomic E-state index is 0.0835. The first kappa shape index (κ1) is 17.8. The monoisotopic (exact) mass is 367 g/mol. The molecule has 2 aromatic heterocycles. The highest BCUT2D eigenvalue weighted by atomic mass is 35.5. The molecular weight excluding hydrogens is 350 g/mol. The minimum atomic E-state index is -0.0835. The molecule has 5 nitrogen and oxygen atoms in total.